The summed E-state index contributed by atoms with van der Waals surface area (Å²) in [5.41, 5.74) is 0. The van der Waals surface area contributed by atoms with Crippen LogP contribution in [0.3, 0.4) is 0 Å². The van der Waals surface area contributed by atoms with Gasteiger partial charge in [0.2, 0.25) is 5.79 Å². The van der Waals surface area contributed by atoms with Gasteiger partial charge in [0, 0.05) is 25.2 Å². The van der Waals surface area contributed by atoms with Crippen LogP contribution in [0.25, 0.3) is 0 Å². The van der Waals surface area contributed by atoms with Gasteiger partial charge in [0.15, 0.2) is 0 Å². The molecule has 6 nitrogen and oxygen atoms in total. The maximum absolute atomic E-state index is 11.1. The molecule has 0 unspecified atom stereocenters. The molecule has 0 aliphatic carbocycles. The molecule has 0 aromatic heterocycles. The second-order valence-corrected chi connectivity index (χ2v) is 5.94. The van der Waals surface area contributed by atoms with Crippen molar-refractivity contribution in [2.24, 2.45) is 0 Å². The molecule has 0 N–H and O–H groups in total. The Kier molecular flexibility index (Phi) is 2.88. The molecule has 8 heteroatoms. The Morgan fingerprint density at radius 2 is 1.54 bits per heavy atom. The van der Waals surface area contributed by atoms with Crippen molar-refractivity contribution in [2.45, 2.75) is 18.6 Å². The van der Waals surface area contributed by atoms with Crippen LogP contribution in [0.2, 0.25) is 0 Å². The molecule has 0 bridgehead atoms. The van der Waals surface area contributed by atoms with Crippen molar-refractivity contribution in [1.82, 2.24) is 0 Å². The van der Waals surface area contributed by atoms with Crippen LogP contribution in [0, 0.1) is 0 Å². The lowest BCUT2D eigenvalue weighted by Gasteiger charge is -2.35. The van der Waals surface area contributed by atoms with Gasteiger partial charge in [-0.05, 0) is 0 Å². The largest absolute Gasteiger partial charge is 0.373 e. The Balaban J connectivity index is 1.98. The molecule has 0 atom stereocenters. The standard InChI is InChI=1S/C5H10O6P2/c6-12-3-1-5(2-4-12)8-10-13(7)11-9-5/h12-13H,1-4H2. The van der Waals surface area contributed by atoms with Crippen molar-refractivity contribution in [3.8, 4) is 0 Å². The molecule has 2 rings (SSSR count). The van der Waals surface area contributed by atoms with Crippen LogP contribution in [0.1, 0.15) is 12.8 Å². The SMILES string of the molecule is O=[PH]1CCC2(CC1)OO[PH](=O)OO2. The number of rotatable bonds is 0. The summed E-state index contributed by atoms with van der Waals surface area (Å²) < 4.78 is 30.5. The lowest BCUT2D eigenvalue weighted by molar-refractivity contribution is -0.495. The van der Waals surface area contributed by atoms with Crippen LogP contribution in [0.5, 0.6) is 0 Å². The molecule has 0 saturated carbocycles. The lowest BCUT2D eigenvalue weighted by atomic mass is 10.1. The van der Waals surface area contributed by atoms with Gasteiger partial charge in [0.1, 0.15) is 0 Å². The Labute approximate surface area is 76.1 Å². The van der Waals surface area contributed by atoms with Gasteiger partial charge in [-0.2, -0.15) is 9.78 Å². The van der Waals surface area contributed by atoms with Gasteiger partial charge in [-0.3, -0.25) is 4.57 Å². The smallest absolute Gasteiger partial charge is 0.327 e. The molecule has 2 fully saturated rings. The van der Waals surface area contributed by atoms with Gasteiger partial charge in [0.25, 0.3) is 0 Å². The zero-order chi connectivity index (χ0) is 9.31. The minimum absolute atomic E-state index is 0.458. The summed E-state index contributed by atoms with van der Waals surface area (Å²) >= 11 is 0. The highest BCUT2D eigenvalue weighted by molar-refractivity contribution is 7.44. The molecule has 2 aliphatic heterocycles. The van der Waals surface area contributed by atoms with Crippen LogP contribution >= 0.6 is 16.1 Å². The minimum atomic E-state index is -2.64. The number of hydrogen-bond donors (Lipinski definition) is 0. The first kappa shape index (κ1) is 9.84. The first-order valence-electron chi connectivity index (χ1n) is 3.97. The maximum Gasteiger partial charge on any atom is 0.373 e. The van der Waals surface area contributed by atoms with E-state index in [1.165, 1.54) is 0 Å². The summed E-state index contributed by atoms with van der Waals surface area (Å²) in [6, 6.07) is 0. The van der Waals surface area contributed by atoms with E-state index in [4.69, 9.17) is 9.78 Å². The second-order valence-electron chi connectivity index (χ2n) is 3.03. The fourth-order valence-corrected chi connectivity index (χ4v) is 3.36. The van der Waals surface area contributed by atoms with E-state index in [-0.39, 0.29) is 0 Å². The molecule has 2 aliphatic rings. The van der Waals surface area contributed by atoms with Gasteiger partial charge in [-0.15, -0.1) is 9.35 Å². The van der Waals surface area contributed by atoms with Crippen LogP contribution < -0.4 is 0 Å². The maximum atomic E-state index is 11.1. The zero-order valence-electron chi connectivity index (χ0n) is 6.78. The first-order chi connectivity index (χ1) is 6.20. The average molecular weight is 228 g/mol. The monoisotopic (exact) mass is 228 g/mol. The quantitative estimate of drug-likeness (QED) is 0.460. The van der Waals surface area contributed by atoms with E-state index in [0.29, 0.717) is 25.2 Å². The van der Waals surface area contributed by atoms with E-state index in [1.54, 1.807) is 0 Å². The van der Waals surface area contributed by atoms with Gasteiger partial charge in [-0.1, -0.05) is 0 Å². The molecule has 76 valence electrons. The van der Waals surface area contributed by atoms with E-state index in [1.807, 2.05) is 0 Å². The van der Waals surface area contributed by atoms with E-state index < -0.39 is 21.8 Å². The lowest BCUT2D eigenvalue weighted by Crippen LogP contribution is -2.40. The minimum Gasteiger partial charge on any atom is -0.327 e. The number of hydrogen-bond acceptors (Lipinski definition) is 6. The van der Waals surface area contributed by atoms with Gasteiger partial charge < -0.3 is 4.57 Å². The highest BCUT2D eigenvalue weighted by atomic mass is 31.1. The first-order valence-corrected chi connectivity index (χ1v) is 7.02. The third kappa shape index (κ3) is 2.21. The molecule has 2 saturated heterocycles. The van der Waals surface area contributed by atoms with E-state index in [9.17, 15) is 9.13 Å². The van der Waals surface area contributed by atoms with Crippen LogP contribution in [0.4, 0.5) is 0 Å². The van der Waals surface area contributed by atoms with Crippen molar-refractivity contribution >= 4 is 16.1 Å². The van der Waals surface area contributed by atoms with E-state index >= 15 is 0 Å². The molecule has 0 amide bonds. The van der Waals surface area contributed by atoms with E-state index in [2.05, 4.69) is 9.35 Å². The van der Waals surface area contributed by atoms with Crippen molar-refractivity contribution in [3.05, 3.63) is 0 Å². The summed E-state index contributed by atoms with van der Waals surface area (Å²) in [6.45, 7) is 0. The third-order valence-electron chi connectivity index (χ3n) is 2.09. The Bertz CT molecular complexity index is 204. The van der Waals surface area contributed by atoms with Crippen LogP contribution in [-0.4, -0.2) is 18.1 Å². The summed E-state index contributed by atoms with van der Waals surface area (Å²) in [6.07, 6.45) is 2.02. The molecular formula is C5H10O6P2. The average Bonchev–Trinajstić information content (AvgIpc) is 2.16. The molecule has 2 heterocycles. The predicted molar refractivity (Wildman–Crippen MR) is 44.0 cm³/mol. The van der Waals surface area contributed by atoms with Gasteiger partial charge >= 0.3 is 8.25 Å². The predicted octanol–water partition coefficient (Wildman–Crippen LogP) is 1.34. The van der Waals surface area contributed by atoms with Crippen molar-refractivity contribution in [1.29, 1.82) is 0 Å². The highest BCUT2D eigenvalue weighted by Gasteiger charge is 2.43. The van der Waals surface area contributed by atoms with Gasteiger partial charge in [0.05, 0.1) is 7.80 Å². The normalized spacial score (nSPS) is 46.5. The fraction of sp³-hybridized carbons (Fsp3) is 1.00. The van der Waals surface area contributed by atoms with Crippen molar-refractivity contribution in [3.63, 3.8) is 0 Å². The highest BCUT2D eigenvalue weighted by Crippen LogP contribution is 2.45. The molecule has 0 aromatic rings. The molecular weight excluding hydrogens is 218 g/mol. The zero-order valence-corrected chi connectivity index (χ0v) is 8.78. The summed E-state index contributed by atoms with van der Waals surface area (Å²) in [5.74, 6) is -0.975. The molecule has 1 spiro atoms. The van der Waals surface area contributed by atoms with Crippen molar-refractivity contribution in [2.75, 3.05) is 12.3 Å². The Morgan fingerprint density at radius 3 is 2.08 bits per heavy atom. The van der Waals surface area contributed by atoms with Crippen LogP contribution in [0.15, 0.2) is 0 Å². The Morgan fingerprint density at radius 1 is 1.00 bits per heavy atom. The molecule has 13 heavy (non-hydrogen) atoms. The van der Waals surface area contributed by atoms with E-state index in [0.717, 1.165) is 0 Å². The topological polar surface area (TPSA) is 71.1 Å². The second kappa shape index (κ2) is 3.81. The van der Waals surface area contributed by atoms with Crippen molar-refractivity contribution < 1.29 is 28.3 Å². The summed E-state index contributed by atoms with van der Waals surface area (Å²) in [7, 11) is -4.12. The third-order valence-corrected chi connectivity index (χ3v) is 4.15. The van der Waals surface area contributed by atoms with Crippen LogP contribution in [-0.2, 0) is 28.3 Å². The molecule has 0 aromatic carbocycles. The van der Waals surface area contributed by atoms with Gasteiger partial charge in [-0.25, -0.2) is 0 Å². The molecule has 0 radical (unpaired) electrons. The fourth-order valence-electron chi connectivity index (χ4n) is 1.32. The Hall–Kier alpha value is 0.300. The summed E-state index contributed by atoms with van der Waals surface area (Å²) in [4.78, 5) is 9.66. The summed E-state index contributed by atoms with van der Waals surface area (Å²) in [5, 5.41) is 0.